The molecule has 1 N–H and O–H groups in total. The second kappa shape index (κ2) is 6.41. The van der Waals surface area contributed by atoms with E-state index in [1.807, 2.05) is 0 Å². The summed E-state index contributed by atoms with van der Waals surface area (Å²) in [6, 6.07) is 0. The molecule has 2 saturated heterocycles. The summed E-state index contributed by atoms with van der Waals surface area (Å²) in [4.78, 5) is 10.8. The number of aliphatic carboxylic acids is 1. The standard InChI is InChI=1S/C18H28O6/c1-11(2)5-6-13-17(3,24-13)16-15(21-4)12(22-9-14(19)20)7-8-18(16)10-23-18/h5,12-13,15-16H,6-10H2,1-4H3,(H,19,20). The Hall–Kier alpha value is -0.950. The zero-order chi connectivity index (χ0) is 17.5. The third-order valence-electron chi connectivity index (χ3n) is 5.66. The molecule has 1 spiro atoms. The normalized spacial score (nSPS) is 43.5. The Labute approximate surface area is 143 Å². The molecular formula is C18H28O6. The Kier molecular flexibility index (Phi) is 4.77. The molecule has 24 heavy (non-hydrogen) atoms. The van der Waals surface area contributed by atoms with Gasteiger partial charge in [0.15, 0.2) is 0 Å². The van der Waals surface area contributed by atoms with Gasteiger partial charge in [0.25, 0.3) is 0 Å². The van der Waals surface area contributed by atoms with Crippen molar-refractivity contribution in [3.63, 3.8) is 0 Å². The topological polar surface area (TPSA) is 80.8 Å². The number of epoxide rings is 2. The van der Waals surface area contributed by atoms with E-state index in [1.165, 1.54) is 5.57 Å². The van der Waals surface area contributed by atoms with E-state index in [2.05, 4.69) is 26.8 Å². The molecule has 0 aromatic carbocycles. The van der Waals surface area contributed by atoms with Crippen molar-refractivity contribution in [2.75, 3.05) is 20.3 Å². The van der Waals surface area contributed by atoms with Gasteiger partial charge in [0.05, 0.1) is 36.4 Å². The van der Waals surface area contributed by atoms with Gasteiger partial charge in [0, 0.05) is 7.11 Å². The number of allylic oxidation sites excluding steroid dienone is 1. The maximum absolute atomic E-state index is 10.8. The predicted molar refractivity (Wildman–Crippen MR) is 86.9 cm³/mol. The van der Waals surface area contributed by atoms with E-state index in [0.29, 0.717) is 0 Å². The van der Waals surface area contributed by atoms with Gasteiger partial charge in [-0.2, -0.15) is 0 Å². The third-order valence-corrected chi connectivity index (χ3v) is 5.66. The summed E-state index contributed by atoms with van der Waals surface area (Å²) >= 11 is 0. The summed E-state index contributed by atoms with van der Waals surface area (Å²) in [5.41, 5.74) is 0.770. The minimum atomic E-state index is -0.959. The van der Waals surface area contributed by atoms with Crippen molar-refractivity contribution < 1.29 is 28.8 Å². The van der Waals surface area contributed by atoms with Gasteiger partial charge in [-0.3, -0.25) is 0 Å². The number of rotatable bonds is 7. The maximum Gasteiger partial charge on any atom is 0.329 e. The zero-order valence-electron chi connectivity index (χ0n) is 14.9. The number of hydrogen-bond acceptors (Lipinski definition) is 5. The Bertz CT molecular complexity index is 522. The summed E-state index contributed by atoms with van der Waals surface area (Å²) in [5.74, 6) is -0.905. The molecule has 0 aromatic heterocycles. The van der Waals surface area contributed by atoms with Crippen molar-refractivity contribution >= 4 is 5.97 Å². The predicted octanol–water partition coefficient (Wildman–Crippen LogP) is 2.16. The van der Waals surface area contributed by atoms with Crippen LogP contribution in [0.2, 0.25) is 0 Å². The Morgan fingerprint density at radius 1 is 1.42 bits per heavy atom. The van der Waals surface area contributed by atoms with Crippen LogP contribution in [0.25, 0.3) is 0 Å². The first-order chi connectivity index (χ1) is 11.3. The molecule has 0 amide bonds. The van der Waals surface area contributed by atoms with Crippen molar-refractivity contribution in [2.45, 2.75) is 69.5 Å². The molecule has 0 bridgehead atoms. The van der Waals surface area contributed by atoms with Crippen LogP contribution in [0.5, 0.6) is 0 Å². The summed E-state index contributed by atoms with van der Waals surface area (Å²) in [6.45, 7) is 6.71. The van der Waals surface area contributed by atoms with Crippen molar-refractivity contribution in [1.82, 2.24) is 0 Å². The van der Waals surface area contributed by atoms with E-state index in [0.717, 1.165) is 25.9 Å². The highest BCUT2D eigenvalue weighted by atomic mass is 16.6. The minimum Gasteiger partial charge on any atom is -0.480 e. The fraction of sp³-hybridized carbons (Fsp3) is 0.833. The first-order valence-electron chi connectivity index (χ1n) is 8.64. The highest BCUT2D eigenvalue weighted by Gasteiger charge is 2.71. The second-order valence-corrected chi connectivity index (χ2v) is 7.62. The Balaban J connectivity index is 1.75. The highest BCUT2D eigenvalue weighted by Crippen LogP contribution is 2.59. The molecule has 2 aliphatic heterocycles. The van der Waals surface area contributed by atoms with E-state index in [-0.39, 0.29) is 42.0 Å². The average molecular weight is 340 g/mol. The lowest BCUT2D eigenvalue weighted by Crippen LogP contribution is -2.55. The van der Waals surface area contributed by atoms with Crippen LogP contribution in [0.15, 0.2) is 11.6 Å². The number of carboxylic acids is 1. The largest absolute Gasteiger partial charge is 0.480 e. The van der Waals surface area contributed by atoms with Crippen molar-refractivity contribution in [3.8, 4) is 0 Å². The summed E-state index contributed by atoms with van der Waals surface area (Å²) in [6.07, 6.45) is 4.36. The van der Waals surface area contributed by atoms with E-state index in [9.17, 15) is 4.79 Å². The molecule has 6 nitrogen and oxygen atoms in total. The van der Waals surface area contributed by atoms with Gasteiger partial charge in [0.1, 0.15) is 12.2 Å². The first-order valence-corrected chi connectivity index (χ1v) is 8.64. The lowest BCUT2D eigenvalue weighted by atomic mass is 9.68. The second-order valence-electron chi connectivity index (χ2n) is 7.62. The van der Waals surface area contributed by atoms with Crippen LogP contribution >= 0.6 is 0 Å². The van der Waals surface area contributed by atoms with Crippen LogP contribution in [0.1, 0.15) is 40.0 Å². The molecule has 6 heteroatoms. The van der Waals surface area contributed by atoms with Gasteiger partial charge < -0.3 is 24.1 Å². The van der Waals surface area contributed by atoms with Crippen LogP contribution in [0.3, 0.4) is 0 Å². The molecule has 136 valence electrons. The van der Waals surface area contributed by atoms with Gasteiger partial charge in [-0.15, -0.1) is 0 Å². The summed E-state index contributed by atoms with van der Waals surface area (Å²) < 4.78 is 23.3. The highest BCUT2D eigenvalue weighted by molar-refractivity contribution is 5.68. The van der Waals surface area contributed by atoms with E-state index < -0.39 is 5.97 Å². The fourth-order valence-electron chi connectivity index (χ4n) is 4.30. The zero-order valence-corrected chi connectivity index (χ0v) is 14.9. The van der Waals surface area contributed by atoms with Crippen molar-refractivity contribution in [3.05, 3.63) is 11.6 Å². The molecular weight excluding hydrogens is 312 g/mol. The number of carbonyl (C=O) groups is 1. The molecule has 3 rings (SSSR count). The quantitative estimate of drug-likeness (QED) is 0.565. The van der Waals surface area contributed by atoms with Crippen LogP contribution < -0.4 is 0 Å². The minimum absolute atomic E-state index is 0.0538. The van der Waals surface area contributed by atoms with E-state index >= 15 is 0 Å². The van der Waals surface area contributed by atoms with Gasteiger partial charge in [-0.1, -0.05) is 11.6 Å². The Morgan fingerprint density at radius 2 is 2.12 bits per heavy atom. The van der Waals surface area contributed by atoms with Gasteiger partial charge in [-0.25, -0.2) is 4.79 Å². The fourth-order valence-corrected chi connectivity index (χ4v) is 4.30. The monoisotopic (exact) mass is 340 g/mol. The maximum atomic E-state index is 10.8. The van der Waals surface area contributed by atoms with Crippen LogP contribution in [0.4, 0.5) is 0 Å². The molecule has 0 radical (unpaired) electrons. The van der Waals surface area contributed by atoms with Gasteiger partial charge in [0.2, 0.25) is 0 Å². The molecule has 6 atom stereocenters. The number of hydrogen-bond donors (Lipinski definition) is 1. The van der Waals surface area contributed by atoms with Gasteiger partial charge in [-0.05, 0) is 40.0 Å². The first kappa shape index (κ1) is 17.9. The summed E-state index contributed by atoms with van der Waals surface area (Å²) in [5, 5.41) is 8.90. The smallest absolute Gasteiger partial charge is 0.329 e. The van der Waals surface area contributed by atoms with Crippen molar-refractivity contribution in [2.24, 2.45) is 5.92 Å². The molecule has 2 heterocycles. The lowest BCUT2D eigenvalue weighted by Gasteiger charge is -2.42. The van der Waals surface area contributed by atoms with Crippen LogP contribution in [-0.4, -0.2) is 60.9 Å². The number of carboxylic acid groups (broad SMARTS) is 1. The van der Waals surface area contributed by atoms with Crippen molar-refractivity contribution in [1.29, 1.82) is 0 Å². The van der Waals surface area contributed by atoms with E-state index in [4.69, 9.17) is 24.1 Å². The molecule has 3 fully saturated rings. The van der Waals surface area contributed by atoms with Crippen LogP contribution in [-0.2, 0) is 23.7 Å². The number of ether oxygens (including phenoxy) is 4. The number of methoxy groups -OCH3 is 1. The third kappa shape index (κ3) is 3.25. The Morgan fingerprint density at radius 3 is 2.67 bits per heavy atom. The van der Waals surface area contributed by atoms with E-state index in [1.54, 1.807) is 7.11 Å². The summed E-state index contributed by atoms with van der Waals surface area (Å²) in [7, 11) is 1.66. The lowest BCUT2D eigenvalue weighted by molar-refractivity contribution is -0.160. The molecule has 1 aliphatic carbocycles. The average Bonchev–Trinajstić information content (AvgIpc) is 3.42. The van der Waals surface area contributed by atoms with Crippen LogP contribution in [0, 0.1) is 5.92 Å². The molecule has 3 aliphatic rings. The SMILES string of the molecule is COC1C(OCC(=O)O)CCC2(CO2)C1C1(C)OC1CC=C(C)C. The molecule has 6 unspecified atom stereocenters. The molecule has 1 saturated carbocycles. The molecule has 0 aromatic rings. The van der Waals surface area contributed by atoms with Gasteiger partial charge >= 0.3 is 5.97 Å².